The number of ether oxygens (including phenoxy) is 5. The van der Waals surface area contributed by atoms with E-state index in [1.807, 2.05) is 18.2 Å². The summed E-state index contributed by atoms with van der Waals surface area (Å²) in [6, 6.07) is 12.6. The minimum absolute atomic E-state index is 0.00710. The second-order valence-electron chi connectivity index (χ2n) is 14.5. The predicted molar refractivity (Wildman–Crippen MR) is 216 cm³/mol. The molecule has 1 fully saturated rings. The topological polar surface area (TPSA) is 186 Å². The Kier molecular flexibility index (Phi) is 20.6. The van der Waals surface area contributed by atoms with Gasteiger partial charge in [-0.2, -0.15) is 0 Å². The molecule has 1 aliphatic rings. The predicted octanol–water partition coefficient (Wildman–Crippen LogP) is 2.83. The molecule has 1 saturated carbocycles. The van der Waals surface area contributed by atoms with Crippen molar-refractivity contribution in [1.29, 1.82) is 0 Å². The molecule has 2 aromatic rings. The van der Waals surface area contributed by atoms with Gasteiger partial charge in [0, 0.05) is 58.2 Å². The lowest BCUT2D eigenvalue weighted by Gasteiger charge is -2.31. The summed E-state index contributed by atoms with van der Waals surface area (Å²) in [6.45, 7) is 13.0. The first-order valence-electron chi connectivity index (χ1n) is 19.1. The van der Waals surface area contributed by atoms with E-state index < -0.39 is 7.12 Å². The summed E-state index contributed by atoms with van der Waals surface area (Å²) in [5.74, 6) is -0.114. The lowest BCUT2D eigenvalue weighted by molar-refractivity contribution is -0.117. The number of amides is 1. The number of rotatable bonds is 26. The molecule has 14 nitrogen and oxygen atoms in total. The van der Waals surface area contributed by atoms with Gasteiger partial charge in [0.15, 0.2) is 5.78 Å². The number of nitrogens with zero attached hydrogens (tertiary/aromatic N) is 2. The number of aliphatic imine (C=N–C) groups is 1. The summed E-state index contributed by atoms with van der Waals surface area (Å²) in [6.07, 6.45) is 2.66. The molecule has 1 amide bonds. The number of carbonyl (C=O) groups is 2. The molecule has 0 spiro atoms. The van der Waals surface area contributed by atoms with Crippen LogP contribution in [0.1, 0.15) is 62.4 Å². The van der Waals surface area contributed by atoms with E-state index in [9.17, 15) is 9.59 Å². The zero-order valence-corrected chi connectivity index (χ0v) is 33.4. The Morgan fingerprint density at radius 2 is 1.38 bits per heavy atom. The first kappa shape index (κ1) is 45.7. The number of hydrogen-bond donors (Lipinski definition) is 5. The molecule has 0 heterocycles. The lowest BCUT2D eigenvalue weighted by Crippen LogP contribution is -2.33. The molecule has 55 heavy (non-hydrogen) atoms. The molecule has 304 valence electrons. The molecule has 0 bridgehead atoms. The van der Waals surface area contributed by atoms with Gasteiger partial charge in [-0.05, 0) is 67.4 Å². The van der Waals surface area contributed by atoms with Crippen molar-refractivity contribution in [3.8, 4) is 0 Å². The van der Waals surface area contributed by atoms with Crippen molar-refractivity contribution in [3.05, 3.63) is 64.9 Å². The van der Waals surface area contributed by atoms with Crippen molar-refractivity contribution < 1.29 is 43.3 Å². The van der Waals surface area contributed by atoms with E-state index in [0.717, 1.165) is 24.9 Å². The highest BCUT2D eigenvalue weighted by atomic mass is 16.6. The lowest BCUT2D eigenvalue weighted by atomic mass is 9.73. The highest BCUT2D eigenvalue weighted by Crippen LogP contribution is 2.36. The molecule has 3 rings (SSSR count). The number of Topliss-reactive ketones (excluding diaryl/α,β-unsaturated/α-hetero) is 1. The van der Waals surface area contributed by atoms with Gasteiger partial charge >= 0.3 is 7.12 Å². The van der Waals surface area contributed by atoms with Crippen LogP contribution in [0, 0.1) is 5.41 Å². The standard InChI is InChI=1S/C40H62BN5O9/c1-30(42)38-36(27-40(2,3)28-37(38)47)45-33-12-13-34(39(48)46(4)5)35(26-33)44-15-7-17-52-19-21-54-23-25-55-24-22-53-20-18-51-16-6-14-43-29-31-8-10-32(11-9-31)41(49)50/h8-13,26,43-44,49-50H,6-7,14-25,27-29,42H2,1-5H3. The number of carbonyl (C=O) groups excluding carboxylic acids is 2. The number of anilines is 1. The second kappa shape index (κ2) is 24.8. The van der Waals surface area contributed by atoms with Crippen LogP contribution in [0.5, 0.6) is 0 Å². The Bertz CT molecular complexity index is 1530. The van der Waals surface area contributed by atoms with Crippen molar-refractivity contribution in [2.24, 2.45) is 16.1 Å². The molecular weight excluding hydrogens is 705 g/mol. The molecule has 0 aliphatic heterocycles. The average molecular weight is 768 g/mol. The Morgan fingerprint density at radius 1 is 0.836 bits per heavy atom. The van der Waals surface area contributed by atoms with E-state index >= 15 is 0 Å². The first-order valence-corrected chi connectivity index (χ1v) is 19.1. The van der Waals surface area contributed by atoms with E-state index in [4.69, 9.17) is 44.5 Å². The Balaban J connectivity index is 1.20. The molecular formula is C40H62BN5O9. The van der Waals surface area contributed by atoms with Gasteiger partial charge < -0.3 is 55.0 Å². The van der Waals surface area contributed by atoms with Gasteiger partial charge in [-0.15, -0.1) is 0 Å². The van der Waals surface area contributed by atoms with E-state index in [1.165, 1.54) is 4.90 Å². The Morgan fingerprint density at radius 3 is 1.91 bits per heavy atom. The molecule has 0 atom stereocenters. The van der Waals surface area contributed by atoms with E-state index in [-0.39, 0.29) is 17.1 Å². The third-order valence-electron chi connectivity index (χ3n) is 8.67. The number of allylic oxidation sites excluding steroid dienone is 2. The van der Waals surface area contributed by atoms with Gasteiger partial charge in [-0.3, -0.25) is 14.6 Å². The van der Waals surface area contributed by atoms with Crippen LogP contribution >= 0.6 is 0 Å². The van der Waals surface area contributed by atoms with Gasteiger partial charge in [-0.25, -0.2) is 0 Å². The third kappa shape index (κ3) is 17.3. The largest absolute Gasteiger partial charge is 0.488 e. The first-order chi connectivity index (χ1) is 26.4. The van der Waals surface area contributed by atoms with E-state index in [0.29, 0.717) is 131 Å². The number of ketones is 1. The van der Waals surface area contributed by atoms with Crippen LogP contribution in [0.25, 0.3) is 0 Å². The number of nitrogens with two attached hydrogens (primary N) is 1. The molecule has 2 aromatic carbocycles. The van der Waals surface area contributed by atoms with Crippen molar-refractivity contribution in [2.75, 3.05) is 98.6 Å². The molecule has 0 aromatic heterocycles. The zero-order chi connectivity index (χ0) is 40.1. The smallest absolute Gasteiger partial charge is 0.423 e. The van der Waals surface area contributed by atoms with Crippen molar-refractivity contribution >= 4 is 41.4 Å². The molecule has 6 N–H and O–H groups in total. The Labute approximate surface area is 326 Å². The molecule has 15 heteroatoms. The number of benzene rings is 2. The summed E-state index contributed by atoms with van der Waals surface area (Å²) in [4.78, 5) is 32.2. The van der Waals surface area contributed by atoms with Crippen LogP contribution in [-0.4, -0.2) is 133 Å². The molecule has 1 aliphatic carbocycles. The highest BCUT2D eigenvalue weighted by molar-refractivity contribution is 6.58. The van der Waals surface area contributed by atoms with Crippen LogP contribution in [-0.2, 0) is 35.0 Å². The SMILES string of the molecule is CC(N)=C1C(=O)CC(C)(C)CC1=Nc1ccc(C(=O)N(C)C)c(NCCCOCCOCCOCCOCCOCCCNCc2ccc(B(O)O)cc2)c1. The van der Waals surface area contributed by atoms with Gasteiger partial charge in [0.2, 0.25) is 0 Å². The molecule has 0 radical (unpaired) electrons. The van der Waals surface area contributed by atoms with Crippen molar-refractivity contribution in [1.82, 2.24) is 10.2 Å². The molecule has 0 unspecified atom stereocenters. The van der Waals surface area contributed by atoms with E-state index in [2.05, 4.69) is 24.5 Å². The maximum atomic E-state index is 12.9. The van der Waals surface area contributed by atoms with Crippen LogP contribution in [0.3, 0.4) is 0 Å². The van der Waals surface area contributed by atoms with Gasteiger partial charge in [-0.1, -0.05) is 38.1 Å². The van der Waals surface area contributed by atoms with Crippen molar-refractivity contribution in [3.63, 3.8) is 0 Å². The fourth-order valence-electron chi connectivity index (χ4n) is 5.88. The van der Waals surface area contributed by atoms with E-state index in [1.54, 1.807) is 45.3 Å². The maximum Gasteiger partial charge on any atom is 0.488 e. The summed E-state index contributed by atoms with van der Waals surface area (Å²) < 4.78 is 28.0. The minimum atomic E-state index is -1.44. The monoisotopic (exact) mass is 767 g/mol. The second-order valence-corrected chi connectivity index (χ2v) is 14.5. The van der Waals surface area contributed by atoms with Gasteiger partial charge in [0.25, 0.3) is 5.91 Å². The third-order valence-corrected chi connectivity index (χ3v) is 8.67. The zero-order valence-electron chi connectivity index (χ0n) is 33.4. The highest BCUT2D eigenvalue weighted by Gasteiger charge is 2.35. The average Bonchev–Trinajstić information content (AvgIpc) is 3.12. The Hall–Kier alpha value is -3.67. The van der Waals surface area contributed by atoms with Crippen LogP contribution in [0.15, 0.2) is 58.7 Å². The summed E-state index contributed by atoms with van der Waals surface area (Å²) in [7, 11) is 1.99. The summed E-state index contributed by atoms with van der Waals surface area (Å²) in [5, 5.41) is 25.0. The number of hydrogen-bond acceptors (Lipinski definition) is 13. The minimum Gasteiger partial charge on any atom is -0.423 e. The van der Waals surface area contributed by atoms with Gasteiger partial charge in [0.1, 0.15) is 0 Å². The summed E-state index contributed by atoms with van der Waals surface area (Å²) >= 11 is 0. The van der Waals surface area contributed by atoms with Gasteiger partial charge in [0.05, 0.1) is 75.4 Å². The van der Waals surface area contributed by atoms with Crippen LogP contribution < -0.4 is 21.8 Å². The van der Waals surface area contributed by atoms with Crippen LogP contribution in [0.4, 0.5) is 11.4 Å². The quantitative estimate of drug-likeness (QED) is 0.0537. The summed E-state index contributed by atoms with van der Waals surface area (Å²) in [5.41, 5.74) is 10.9. The van der Waals surface area contributed by atoms with Crippen molar-refractivity contribution in [2.45, 2.75) is 53.0 Å². The maximum absolute atomic E-state index is 12.9. The fraction of sp³-hybridized carbons (Fsp3) is 0.575. The van der Waals surface area contributed by atoms with Crippen LogP contribution in [0.2, 0.25) is 0 Å². The fourth-order valence-corrected chi connectivity index (χ4v) is 5.88. The normalized spacial score (nSPS) is 15.7. The molecule has 0 saturated heterocycles. The number of nitrogens with one attached hydrogen (secondary N) is 2.